The van der Waals surface area contributed by atoms with Gasteiger partial charge in [-0.15, -0.1) is 6.42 Å². The van der Waals surface area contributed by atoms with E-state index < -0.39 is 12.0 Å². The topological polar surface area (TPSA) is 57.6 Å². The number of carbonyl (C=O) groups excluding carboxylic acids is 1. The highest BCUT2D eigenvalue weighted by Crippen LogP contribution is 2.20. The summed E-state index contributed by atoms with van der Waals surface area (Å²) < 4.78 is 0. The maximum absolute atomic E-state index is 12.2. The van der Waals surface area contributed by atoms with Crippen LogP contribution < -0.4 is 0 Å². The first-order valence-corrected chi connectivity index (χ1v) is 5.74. The summed E-state index contributed by atoms with van der Waals surface area (Å²) in [5.41, 5.74) is 1.17. The maximum atomic E-state index is 12.2. The van der Waals surface area contributed by atoms with Crippen LogP contribution in [0.15, 0.2) is 24.3 Å². The standard InChI is InChI=1S/C14H13NO3/c1-2-10-5-7-11(8-6-10)13(16)15-9-3-4-12(15)14(17)18/h1,5-8,12H,3-4,9H2,(H,17,18). The van der Waals surface area contributed by atoms with Gasteiger partial charge in [-0.25, -0.2) is 4.79 Å². The highest BCUT2D eigenvalue weighted by molar-refractivity contribution is 5.97. The van der Waals surface area contributed by atoms with Crippen LogP contribution in [0.4, 0.5) is 0 Å². The van der Waals surface area contributed by atoms with Gasteiger partial charge in [-0.2, -0.15) is 0 Å². The number of benzene rings is 1. The third-order valence-corrected chi connectivity index (χ3v) is 3.10. The van der Waals surface area contributed by atoms with Crippen molar-refractivity contribution in [2.45, 2.75) is 18.9 Å². The predicted molar refractivity (Wildman–Crippen MR) is 66.1 cm³/mol. The maximum Gasteiger partial charge on any atom is 0.326 e. The molecular formula is C14H13NO3. The van der Waals surface area contributed by atoms with Gasteiger partial charge in [-0.1, -0.05) is 5.92 Å². The molecule has 0 aromatic heterocycles. The van der Waals surface area contributed by atoms with Crippen molar-refractivity contribution < 1.29 is 14.7 Å². The fourth-order valence-corrected chi connectivity index (χ4v) is 2.14. The van der Waals surface area contributed by atoms with Crippen LogP contribution in [0.2, 0.25) is 0 Å². The van der Waals surface area contributed by atoms with E-state index in [2.05, 4.69) is 5.92 Å². The van der Waals surface area contributed by atoms with Crippen molar-refractivity contribution in [1.29, 1.82) is 0 Å². The predicted octanol–water partition coefficient (Wildman–Crippen LogP) is 1.36. The van der Waals surface area contributed by atoms with E-state index in [-0.39, 0.29) is 5.91 Å². The van der Waals surface area contributed by atoms with Crippen molar-refractivity contribution in [3.05, 3.63) is 35.4 Å². The Labute approximate surface area is 105 Å². The molecule has 92 valence electrons. The molecule has 0 saturated carbocycles. The van der Waals surface area contributed by atoms with Crippen LogP contribution in [0.25, 0.3) is 0 Å². The molecule has 1 heterocycles. The summed E-state index contributed by atoms with van der Waals surface area (Å²) in [5, 5.41) is 9.04. The molecule has 1 aromatic carbocycles. The lowest BCUT2D eigenvalue weighted by Crippen LogP contribution is -2.40. The number of aliphatic carboxylic acids is 1. The highest BCUT2D eigenvalue weighted by atomic mass is 16.4. The molecule has 1 aliphatic rings. The summed E-state index contributed by atoms with van der Waals surface area (Å²) in [6, 6.07) is 5.92. The molecule has 1 fully saturated rings. The van der Waals surface area contributed by atoms with E-state index in [4.69, 9.17) is 11.5 Å². The fourth-order valence-electron chi connectivity index (χ4n) is 2.14. The van der Waals surface area contributed by atoms with Crippen molar-refractivity contribution in [2.75, 3.05) is 6.54 Å². The van der Waals surface area contributed by atoms with Gasteiger partial charge in [0, 0.05) is 17.7 Å². The molecule has 1 saturated heterocycles. The van der Waals surface area contributed by atoms with Crippen molar-refractivity contribution in [1.82, 2.24) is 4.90 Å². The van der Waals surface area contributed by atoms with E-state index >= 15 is 0 Å². The SMILES string of the molecule is C#Cc1ccc(C(=O)N2CCCC2C(=O)O)cc1. The van der Waals surface area contributed by atoms with E-state index in [1.165, 1.54) is 4.90 Å². The van der Waals surface area contributed by atoms with Crippen LogP contribution in [0, 0.1) is 12.3 Å². The molecule has 0 bridgehead atoms. The van der Waals surface area contributed by atoms with Gasteiger partial charge in [0.15, 0.2) is 0 Å². The number of likely N-dealkylation sites (tertiary alicyclic amines) is 1. The second kappa shape index (κ2) is 4.92. The third-order valence-electron chi connectivity index (χ3n) is 3.10. The van der Waals surface area contributed by atoms with Gasteiger partial charge in [-0.05, 0) is 37.1 Å². The molecule has 1 aromatic rings. The summed E-state index contributed by atoms with van der Waals surface area (Å²) in [7, 11) is 0. The number of rotatable bonds is 2. The fraction of sp³-hybridized carbons (Fsp3) is 0.286. The first-order valence-electron chi connectivity index (χ1n) is 5.74. The van der Waals surface area contributed by atoms with Crippen LogP contribution in [-0.2, 0) is 4.79 Å². The molecule has 1 atom stereocenters. The van der Waals surface area contributed by atoms with Gasteiger partial charge >= 0.3 is 5.97 Å². The number of nitrogens with zero attached hydrogens (tertiary/aromatic N) is 1. The first kappa shape index (κ1) is 12.2. The van der Waals surface area contributed by atoms with Gasteiger partial charge in [-0.3, -0.25) is 4.79 Å². The largest absolute Gasteiger partial charge is 0.480 e. The molecule has 0 radical (unpaired) electrons. The second-order valence-electron chi connectivity index (χ2n) is 4.22. The first-order chi connectivity index (χ1) is 8.63. The Balaban J connectivity index is 2.20. The summed E-state index contributed by atoms with van der Waals surface area (Å²) in [6.45, 7) is 0.493. The minimum absolute atomic E-state index is 0.247. The van der Waals surface area contributed by atoms with Gasteiger partial charge in [0.05, 0.1) is 0 Å². The molecule has 1 aliphatic heterocycles. The van der Waals surface area contributed by atoms with E-state index in [0.717, 1.165) is 6.42 Å². The Bertz CT molecular complexity index is 513. The quantitative estimate of drug-likeness (QED) is 0.798. The lowest BCUT2D eigenvalue weighted by Gasteiger charge is -2.21. The molecule has 1 amide bonds. The number of amides is 1. The van der Waals surface area contributed by atoms with Gasteiger partial charge in [0.25, 0.3) is 5.91 Å². The lowest BCUT2D eigenvalue weighted by molar-refractivity contribution is -0.141. The van der Waals surface area contributed by atoms with E-state index in [0.29, 0.717) is 24.1 Å². The van der Waals surface area contributed by atoms with Crippen molar-refractivity contribution in [2.24, 2.45) is 0 Å². The molecule has 4 heteroatoms. The zero-order valence-electron chi connectivity index (χ0n) is 9.80. The minimum Gasteiger partial charge on any atom is -0.480 e. The van der Waals surface area contributed by atoms with Crippen LogP contribution in [0.1, 0.15) is 28.8 Å². The number of terminal acetylenes is 1. The van der Waals surface area contributed by atoms with Crippen molar-refractivity contribution >= 4 is 11.9 Å². The number of hydrogen-bond acceptors (Lipinski definition) is 2. The third kappa shape index (κ3) is 2.21. The van der Waals surface area contributed by atoms with Crippen LogP contribution in [0.5, 0.6) is 0 Å². The number of hydrogen-bond donors (Lipinski definition) is 1. The average molecular weight is 243 g/mol. The number of carboxylic acids is 1. The zero-order chi connectivity index (χ0) is 13.1. The van der Waals surface area contributed by atoms with Crippen LogP contribution in [-0.4, -0.2) is 34.5 Å². The van der Waals surface area contributed by atoms with Crippen molar-refractivity contribution in [3.63, 3.8) is 0 Å². The summed E-state index contributed by atoms with van der Waals surface area (Å²) in [5.74, 6) is 1.28. The Morgan fingerprint density at radius 3 is 2.56 bits per heavy atom. The van der Waals surface area contributed by atoms with Gasteiger partial charge in [0.2, 0.25) is 0 Å². The van der Waals surface area contributed by atoms with E-state index in [1.807, 2.05) is 0 Å². The Hall–Kier alpha value is -2.28. The summed E-state index contributed by atoms with van der Waals surface area (Å²) in [6.07, 6.45) is 6.48. The molecule has 4 nitrogen and oxygen atoms in total. The van der Waals surface area contributed by atoms with E-state index in [1.54, 1.807) is 24.3 Å². The van der Waals surface area contributed by atoms with E-state index in [9.17, 15) is 9.59 Å². The molecule has 1 N–H and O–H groups in total. The summed E-state index contributed by atoms with van der Waals surface area (Å²) >= 11 is 0. The molecule has 2 rings (SSSR count). The van der Waals surface area contributed by atoms with Crippen LogP contribution >= 0.6 is 0 Å². The zero-order valence-corrected chi connectivity index (χ0v) is 9.80. The normalized spacial score (nSPS) is 18.4. The monoisotopic (exact) mass is 243 g/mol. The number of carboxylic acid groups (broad SMARTS) is 1. The second-order valence-corrected chi connectivity index (χ2v) is 4.22. The molecular weight excluding hydrogens is 230 g/mol. The highest BCUT2D eigenvalue weighted by Gasteiger charge is 2.34. The molecule has 18 heavy (non-hydrogen) atoms. The Morgan fingerprint density at radius 2 is 2.00 bits per heavy atom. The minimum atomic E-state index is -0.943. The van der Waals surface area contributed by atoms with Gasteiger partial charge < -0.3 is 10.0 Å². The smallest absolute Gasteiger partial charge is 0.326 e. The Morgan fingerprint density at radius 1 is 1.33 bits per heavy atom. The van der Waals surface area contributed by atoms with Crippen LogP contribution in [0.3, 0.4) is 0 Å². The average Bonchev–Trinajstić information content (AvgIpc) is 2.87. The lowest BCUT2D eigenvalue weighted by atomic mass is 10.1. The van der Waals surface area contributed by atoms with Gasteiger partial charge in [0.1, 0.15) is 6.04 Å². The number of carbonyl (C=O) groups is 2. The summed E-state index contributed by atoms with van der Waals surface area (Å²) in [4.78, 5) is 24.6. The Kier molecular flexibility index (Phi) is 3.33. The molecule has 0 aliphatic carbocycles. The molecule has 1 unspecified atom stereocenters. The molecule has 0 spiro atoms. The van der Waals surface area contributed by atoms with Crippen molar-refractivity contribution in [3.8, 4) is 12.3 Å².